The Labute approximate surface area is 132 Å². The minimum absolute atomic E-state index is 0.174. The van der Waals surface area contributed by atoms with Crippen molar-refractivity contribution in [3.8, 4) is 0 Å². The summed E-state index contributed by atoms with van der Waals surface area (Å²) < 4.78 is 2.61. The number of fused-ring (bicyclic) bond motifs is 1. The highest BCUT2D eigenvalue weighted by atomic mass is 32.1. The van der Waals surface area contributed by atoms with E-state index in [0.717, 1.165) is 21.2 Å². The lowest BCUT2D eigenvalue weighted by Crippen LogP contribution is -2.03. The molecule has 1 unspecified atom stereocenters. The Morgan fingerprint density at radius 1 is 1.19 bits per heavy atom. The van der Waals surface area contributed by atoms with E-state index < -0.39 is 0 Å². The van der Waals surface area contributed by atoms with Gasteiger partial charge < -0.3 is 0 Å². The number of nitrogens with one attached hydrogen (secondary N) is 1. The minimum Gasteiger partial charge on any atom is -0.271 e. The monoisotopic (exact) mass is 318 g/mol. The lowest BCUT2D eigenvalue weighted by molar-refractivity contribution is 0.647. The second-order valence-electron chi connectivity index (χ2n) is 5.74. The van der Waals surface area contributed by atoms with Crippen molar-refractivity contribution in [2.75, 3.05) is 0 Å². The van der Waals surface area contributed by atoms with Crippen LogP contribution in [-0.2, 0) is 6.42 Å². The number of hydrogen-bond donors (Lipinski definition) is 1. The zero-order valence-corrected chi connectivity index (χ0v) is 14.0. The van der Waals surface area contributed by atoms with E-state index in [2.05, 4.69) is 60.3 Å². The third-order valence-electron chi connectivity index (χ3n) is 3.56. The van der Waals surface area contributed by atoms with Crippen LogP contribution in [-0.4, -0.2) is 19.8 Å². The van der Waals surface area contributed by atoms with Crippen molar-refractivity contribution in [1.82, 2.24) is 19.8 Å². The molecule has 0 radical (unpaired) electrons. The van der Waals surface area contributed by atoms with E-state index in [0.29, 0.717) is 5.92 Å². The van der Waals surface area contributed by atoms with Gasteiger partial charge >= 0.3 is 0 Å². The molecular weight excluding hydrogens is 300 g/mol. The SMILES string of the molecule is CC(C)Cc1ccc(C(C)c2nnc3sc(=S)[nH]n23)cc1. The first-order chi connectivity index (χ1) is 10.0. The van der Waals surface area contributed by atoms with Crippen LogP contribution in [0, 0.1) is 9.87 Å². The molecule has 0 aliphatic carbocycles. The van der Waals surface area contributed by atoms with Gasteiger partial charge in [-0.2, -0.15) is 0 Å². The zero-order chi connectivity index (χ0) is 15.0. The van der Waals surface area contributed by atoms with Gasteiger partial charge in [-0.15, -0.1) is 10.2 Å². The Balaban J connectivity index is 1.90. The fourth-order valence-electron chi connectivity index (χ4n) is 2.49. The summed E-state index contributed by atoms with van der Waals surface area (Å²) in [5.41, 5.74) is 2.62. The molecule has 0 saturated carbocycles. The first-order valence-corrected chi connectivity index (χ1v) is 8.30. The summed E-state index contributed by atoms with van der Waals surface area (Å²) >= 11 is 6.60. The molecule has 6 heteroatoms. The molecule has 110 valence electrons. The average Bonchev–Trinajstić information content (AvgIpc) is 2.97. The van der Waals surface area contributed by atoms with Crippen LogP contribution in [0.3, 0.4) is 0 Å². The van der Waals surface area contributed by atoms with Gasteiger partial charge in [0.05, 0.1) is 0 Å². The number of hydrogen-bond acceptors (Lipinski definition) is 4. The molecular formula is C15H18N4S2. The second-order valence-corrected chi connectivity index (χ2v) is 7.38. The van der Waals surface area contributed by atoms with Gasteiger partial charge in [-0.1, -0.05) is 56.4 Å². The molecule has 4 nitrogen and oxygen atoms in total. The summed E-state index contributed by atoms with van der Waals surface area (Å²) in [5, 5.41) is 11.6. The Morgan fingerprint density at radius 3 is 2.57 bits per heavy atom. The number of nitrogens with zero attached hydrogens (tertiary/aromatic N) is 3. The number of aromatic nitrogens is 4. The van der Waals surface area contributed by atoms with Gasteiger partial charge in [-0.05, 0) is 35.7 Å². The fraction of sp³-hybridized carbons (Fsp3) is 0.400. The van der Waals surface area contributed by atoms with E-state index in [1.807, 2.05) is 4.52 Å². The molecule has 0 aliphatic rings. The van der Waals surface area contributed by atoms with E-state index in [9.17, 15) is 0 Å². The van der Waals surface area contributed by atoms with Crippen LogP contribution in [0.4, 0.5) is 0 Å². The molecule has 0 fully saturated rings. The maximum atomic E-state index is 5.16. The maximum absolute atomic E-state index is 5.16. The van der Waals surface area contributed by atoms with Crippen molar-refractivity contribution >= 4 is 28.5 Å². The van der Waals surface area contributed by atoms with Crippen molar-refractivity contribution in [3.05, 3.63) is 45.2 Å². The van der Waals surface area contributed by atoms with Crippen molar-refractivity contribution in [1.29, 1.82) is 0 Å². The fourth-order valence-corrected chi connectivity index (χ4v) is 3.42. The smallest absolute Gasteiger partial charge is 0.233 e. The lowest BCUT2D eigenvalue weighted by atomic mass is 9.96. The summed E-state index contributed by atoms with van der Waals surface area (Å²) in [6.07, 6.45) is 1.11. The number of rotatable bonds is 4. The van der Waals surface area contributed by atoms with Crippen LogP contribution in [0.1, 0.15) is 43.6 Å². The van der Waals surface area contributed by atoms with Crippen LogP contribution in [0.2, 0.25) is 0 Å². The van der Waals surface area contributed by atoms with Gasteiger partial charge in [0.15, 0.2) is 9.78 Å². The van der Waals surface area contributed by atoms with Gasteiger partial charge in [0.25, 0.3) is 0 Å². The second kappa shape index (κ2) is 5.69. The first kappa shape index (κ1) is 14.4. The first-order valence-electron chi connectivity index (χ1n) is 7.07. The van der Waals surface area contributed by atoms with Crippen molar-refractivity contribution < 1.29 is 0 Å². The molecule has 3 aromatic rings. The number of H-pyrrole nitrogens is 1. The molecule has 0 bridgehead atoms. The molecule has 3 rings (SSSR count). The highest BCUT2D eigenvalue weighted by Crippen LogP contribution is 2.24. The van der Waals surface area contributed by atoms with Crippen LogP contribution >= 0.6 is 23.6 Å². The molecule has 1 N–H and O–H groups in total. The van der Waals surface area contributed by atoms with E-state index >= 15 is 0 Å². The molecule has 1 atom stereocenters. The molecule has 2 aromatic heterocycles. The highest BCUT2D eigenvalue weighted by molar-refractivity contribution is 7.73. The number of benzene rings is 1. The maximum Gasteiger partial charge on any atom is 0.233 e. The summed E-state index contributed by atoms with van der Waals surface area (Å²) in [6.45, 7) is 6.62. The molecule has 0 amide bonds. The van der Waals surface area contributed by atoms with Crippen LogP contribution < -0.4 is 0 Å². The highest BCUT2D eigenvalue weighted by Gasteiger charge is 2.17. The molecule has 21 heavy (non-hydrogen) atoms. The quantitative estimate of drug-likeness (QED) is 0.733. The van der Waals surface area contributed by atoms with Gasteiger partial charge in [0.2, 0.25) is 4.96 Å². The molecule has 2 heterocycles. The predicted molar refractivity (Wildman–Crippen MR) is 88.5 cm³/mol. The van der Waals surface area contributed by atoms with Gasteiger partial charge in [-0.25, -0.2) is 4.52 Å². The Hall–Kier alpha value is -1.53. The Kier molecular flexibility index (Phi) is 3.91. The van der Waals surface area contributed by atoms with E-state index in [1.54, 1.807) is 0 Å². The van der Waals surface area contributed by atoms with Crippen molar-refractivity contribution in [2.45, 2.75) is 33.1 Å². The lowest BCUT2D eigenvalue weighted by Gasteiger charge is -2.11. The van der Waals surface area contributed by atoms with Crippen LogP contribution in [0.25, 0.3) is 4.96 Å². The molecule has 0 aliphatic heterocycles. The van der Waals surface area contributed by atoms with Crippen molar-refractivity contribution in [2.24, 2.45) is 5.92 Å². The Bertz CT molecular complexity index is 795. The summed E-state index contributed by atoms with van der Waals surface area (Å²) in [5.74, 6) is 1.75. The number of aromatic amines is 1. The normalized spacial score (nSPS) is 13.1. The zero-order valence-electron chi connectivity index (χ0n) is 12.3. The topological polar surface area (TPSA) is 46.0 Å². The van der Waals surface area contributed by atoms with Crippen LogP contribution in [0.15, 0.2) is 24.3 Å². The van der Waals surface area contributed by atoms with E-state index in [4.69, 9.17) is 12.2 Å². The minimum atomic E-state index is 0.174. The summed E-state index contributed by atoms with van der Waals surface area (Å²) in [7, 11) is 0. The van der Waals surface area contributed by atoms with Gasteiger partial charge in [0.1, 0.15) is 0 Å². The largest absolute Gasteiger partial charge is 0.271 e. The van der Waals surface area contributed by atoms with Gasteiger partial charge in [0, 0.05) is 5.92 Å². The molecule has 0 saturated heterocycles. The summed E-state index contributed by atoms with van der Waals surface area (Å²) in [6, 6.07) is 8.79. The van der Waals surface area contributed by atoms with E-state index in [-0.39, 0.29) is 5.92 Å². The average molecular weight is 318 g/mol. The Morgan fingerprint density at radius 2 is 1.90 bits per heavy atom. The predicted octanol–water partition coefficient (Wildman–Crippen LogP) is 4.20. The van der Waals surface area contributed by atoms with Crippen molar-refractivity contribution in [3.63, 3.8) is 0 Å². The van der Waals surface area contributed by atoms with E-state index in [1.165, 1.54) is 22.5 Å². The third-order valence-corrected chi connectivity index (χ3v) is 4.62. The molecule has 1 aromatic carbocycles. The summed E-state index contributed by atoms with van der Waals surface area (Å²) in [4.78, 5) is 0.818. The standard InChI is InChI=1S/C15H18N4S2/c1-9(2)8-11-4-6-12(7-5-11)10(3)13-16-17-14-19(13)18-15(20)21-14/h4-7,9-10H,8H2,1-3H3,(H,18,20). The third kappa shape index (κ3) is 2.91. The van der Waals surface area contributed by atoms with Crippen LogP contribution in [0.5, 0.6) is 0 Å². The van der Waals surface area contributed by atoms with Gasteiger partial charge in [-0.3, -0.25) is 5.10 Å². The molecule has 0 spiro atoms.